The van der Waals surface area contributed by atoms with Crippen LogP contribution in [-0.4, -0.2) is 33.7 Å². The van der Waals surface area contributed by atoms with E-state index in [1.54, 1.807) is 14.2 Å². The molecule has 1 rings (SSSR count). The van der Waals surface area contributed by atoms with Gasteiger partial charge in [-0.2, -0.15) is 0 Å². The molecule has 0 bridgehead atoms. The van der Waals surface area contributed by atoms with Gasteiger partial charge in [0.1, 0.15) is 0 Å². The standard InChI is InChI=1S/C16H26N2O3/c1-10-7-14(20-5)15(21-6)8-13(10)12(3)18-16(19)11(2)9-17-4/h7-8,11-12,17H,9H2,1-6H3,(H,18,19). The van der Waals surface area contributed by atoms with Crippen molar-refractivity contribution in [1.29, 1.82) is 0 Å². The van der Waals surface area contributed by atoms with Gasteiger partial charge in [-0.3, -0.25) is 4.79 Å². The Kier molecular flexibility index (Phi) is 6.49. The second kappa shape index (κ2) is 7.88. The first-order valence-electron chi connectivity index (χ1n) is 7.12. The van der Waals surface area contributed by atoms with Crippen molar-refractivity contribution in [2.45, 2.75) is 26.8 Å². The van der Waals surface area contributed by atoms with E-state index < -0.39 is 0 Å². The Labute approximate surface area is 127 Å². The van der Waals surface area contributed by atoms with Crippen LogP contribution < -0.4 is 20.1 Å². The van der Waals surface area contributed by atoms with Crippen molar-refractivity contribution in [3.8, 4) is 11.5 Å². The summed E-state index contributed by atoms with van der Waals surface area (Å²) in [5.41, 5.74) is 2.08. The summed E-state index contributed by atoms with van der Waals surface area (Å²) in [6.45, 7) is 6.53. The number of carbonyl (C=O) groups is 1. The number of benzene rings is 1. The lowest BCUT2D eigenvalue weighted by Crippen LogP contribution is -2.36. The fourth-order valence-electron chi connectivity index (χ4n) is 2.30. The van der Waals surface area contributed by atoms with Crippen molar-refractivity contribution in [3.05, 3.63) is 23.3 Å². The van der Waals surface area contributed by atoms with Crippen LogP contribution in [0.4, 0.5) is 0 Å². The number of amides is 1. The molecule has 5 nitrogen and oxygen atoms in total. The molecule has 0 fully saturated rings. The average Bonchev–Trinajstić information content (AvgIpc) is 2.46. The third-order valence-corrected chi connectivity index (χ3v) is 3.56. The van der Waals surface area contributed by atoms with Crippen LogP contribution in [0.5, 0.6) is 11.5 Å². The molecule has 1 aromatic rings. The Bertz CT molecular complexity index is 489. The summed E-state index contributed by atoms with van der Waals surface area (Å²) in [5, 5.41) is 6.04. The van der Waals surface area contributed by atoms with Crippen molar-refractivity contribution in [2.75, 3.05) is 27.8 Å². The van der Waals surface area contributed by atoms with E-state index in [0.29, 0.717) is 18.0 Å². The maximum atomic E-state index is 12.1. The zero-order valence-electron chi connectivity index (χ0n) is 13.7. The molecular weight excluding hydrogens is 268 g/mol. The molecule has 0 aliphatic carbocycles. The topological polar surface area (TPSA) is 59.6 Å². The Balaban J connectivity index is 2.92. The highest BCUT2D eigenvalue weighted by Crippen LogP contribution is 2.32. The zero-order valence-corrected chi connectivity index (χ0v) is 13.7. The number of carbonyl (C=O) groups excluding carboxylic acids is 1. The van der Waals surface area contributed by atoms with E-state index in [9.17, 15) is 4.79 Å². The van der Waals surface area contributed by atoms with Crippen LogP contribution in [0.1, 0.15) is 31.0 Å². The van der Waals surface area contributed by atoms with Crippen LogP contribution in [0.25, 0.3) is 0 Å². The van der Waals surface area contributed by atoms with E-state index in [2.05, 4.69) is 10.6 Å². The molecular formula is C16H26N2O3. The summed E-state index contributed by atoms with van der Waals surface area (Å²) in [4.78, 5) is 12.1. The molecule has 2 N–H and O–H groups in total. The monoisotopic (exact) mass is 294 g/mol. The molecule has 0 radical (unpaired) electrons. The van der Waals surface area contributed by atoms with Crippen molar-refractivity contribution >= 4 is 5.91 Å². The van der Waals surface area contributed by atoms with Crippen molar-refractivity contribution in [2.24, 2.45) is 5.92 Å². The quantitative estimate of drug-likeness (QED) is 0.808. The van der Waals surface area contributed by atoms with Crippen LogP contribution in [0.15, 0.2) is 12.1 Å². The van der Waals surface area contributed by atoms with E-state index in [4.69, 9.17) is 9.47 Å². The predicted molar refractivity (Wildman–Crippen MR) is 83.9 cm³/mol. The maximum Gasteiger partial charge on any atom is 0.224 e. The first kappa shape index (κ1) is 17.3. The van der Waals surface area contributed by atoms with Gasteiger partial charge in [-0.1, -0.05) is 6.92 Å². The molecule has 0 saturated carbocycles. The number of ether oxygens (including phenoxy) is 2. The van der Waals surface area contributed by atoms with Crippen molar-refractivity contribution in [3.63, 3.8) is 0 Å². The van der Waals surface area contributed by atoms with Crippen molar-refractivity contribution in [1.82, 2.24) is 10.6 Å². The lowest BCUT2D eigenvalue weighted by molar-refractivity contribution is -0.125. The Morgan fingerprint density at radius 2 is 1.76 bits per heavy atom. The summed E-state index contributed by atoms with van der Waals surface area (Å²) in [6.07, 6.45) is 0. The second-order valence-corrected chi connectivity index (χ2v) is 5.25. The van der Waals surface area contributed by atoms with Crippen LogP contribution >= 0.6 is 0 Å². The molecule has 2 unspecified atom stereocenters. The summed E-state index contributed by atoms with van der Waals surface area (Å²) < 4.78 is 10.6. The van der Waals surface area contributed by atoms with Crippen LogP contribution in [0.3, 0.4) is 0 Å². The molecule has 21 heavy (non-hydrogen) atoms. The molecule has 0 saturated heterocycles. The third-order valence-electron chi connectivity index (χ3n) is 3.56. The minimum atomic E-state index is -0.0865. The fraction of sp³-hybridized carbons (Fsp3) is 0.562. The minimum absolute atomic E-state index is 0.0334. The van der Waals surface area contributed by atoms with Gasteiger partial charge in [0, 0.05) is 12.5 Å². The molecule has 0 heterocycles. The van der Waals surface area contributed by atoms with Crippen LogP contribution in [-0.2, 0) is 4.79 Å². The lowest BCUT2D eigenvalue weighted by atomic mass is 10.0. The summed E-state index contributed by atoms with van der Waals surface area (Å²) in [7, 11) is 5.06. The number of hydrogen-bond acceptors (Lipinski definition) is 4. The molecule has 118 valence electrons. The smallest absolute Gasteiger partial charge is 0.224 e. The molecule has 0 aliphatic heterocycles. The lowest BCUT2D eigenvalue weighted by Gasteiger charge is -2.21. The molecule has 1 amide bonds. The van der Waals surface area contributed by atoms with E-state index in [1.165, 1.54) is 0 Å². The number of methoxy groups -OCH3 is 2. The van der Waals surface area contributed by atoms with Gasteiger partial charge in [-0.25, -0.2) is 0 Å². The van der Waals surface area contributed by atoms with Gasteiger partial charge in [0.05, 0.1) is 20.3 Å². The van der Waals surface area contributed by atoms with E-state index >= 15 is 0 Å². The number of aryl methyl sites for hydroxylation is 1. The van der Waals surface area contributed by atoms with Crippen molar-refractivity contribution < 1.29 is 14.3 Å². The first-order chi connectivity index (χ1) is 9.94. The van der Waals surface area contributed by atoms with E-state index in [1.807, 2.05) is 40.0 Å². The van der Waals surface area contributed by atoms with Gasteiger partial charge in [-0.15, -0.1) is 0 Å². The Morgan fingerprint density at radius 3 is 2.29 bits per heavy atom. The normalized spacial score (nSPS) is 13.4. The van der Waals surface area contributed by atoms with Gasteiger partial charge in [0.25, 0.3) is 0 Å². The molecule has 1 aromatic carbocycles. The Hall–Kier alpha value is -1.75. The third kappa shape index (κ3) is 4.36. The SMILES string of the molecule is CNCC(C)C(=O)NC(C)c1cc(OC)c(OC)cc1C. The summed E-state index contributed by atoms with van der Waals surface area (Å²) in [5.74, 6) is 1.33. The Morgan fingerprint density at radius 1 is 1.19 bits per heavy atom. The van der Waals surface area contributed by atoms with Gasteiger partial charge >= 0.3 is 0 Å². The predicted octanol–water partition coefficient (Wildman–Crippen LogP) is 2.04. The highest BCUT2D eigenvalue weighted by Gasteiger charge is 2.18. The highest BCUT2D eigenvalue weighted by atomic mass is 16.5. The fourth-order valence-corrected chi connectivity index (χ4v) is 2.30. The molecule has 2 atom stereocenters. The highest BCUT2D eigenvalue weighted by molar-refractivity contribution is 5.79. The van der Waals surface area contributed by atoms with Gasteiger partial charge in [0.15, 0.2) is 11.5 Å². The van der Waals surface area contributed by atoms with E-state index in [0.717, 1.165) is 11.1 Å². The molecule has 0 aromatic heterocycles. The first-order valence-corrected chi connectivity index (χ1v) is 7.12. The van der Waals surface area contributed by atoms with Gasteiger partial charge in [-0.05, 0) is 44.2 Å². The molecule has 5 heteroatoms. The maximum absolute atomic E-state index is 12.1. The number of hydrogen-bond donors (Lipinski definition) is 2. The number of nitrogens with one attached hydrogen (secondary N) is 2. The van der Waals surface area contributed by atoms with Gasteiger partial charge in [0.2, 0.25) is 5.91 Å². The largest absolute Gasteiger partial charge is 0.493 e. The average molecular weight is 294 g/mol. The summed E-state index contributed by atoms with van der Waals surface area (Å²) in [6, 6.07) is 3.76. The molecule has 0 spiro atoms. The summed E-state index contributed by atoms with van der Waals surface area (Å²) >= 11 is 0. The van der Waals surface area contributed by atoms with Crippen LogP contribution in [0.2, 0.25) is 0 Å². The number of rotatable bonds is 7. The van der Waals surface area contributed by atoms with Crippen LogP contribution in [0, 0.1) is 12.8 Å². The minimum Gasteiger partial charge on any atom is -0.493 e. The van der Waals surface area contributed by atoms with Gasteiger partial charge < -0.3 is 20.1 Å². The molecule has 0 aliphatic rings. The van der Waals surface area contributed by atoms with E-state index in [-0.39, 0.29) is 17.9 Å². The second-order valence-electron chi connectivity index (χ2n) is 5.25. The zero-order chi connectivity index (χ0) is 16.0.